The van der Waals surface area contributed by atoms with Crippen molar-refractivity contribution in [2.24, 2.45) is 0 Å². The summed E-state index contributed by atoms with van der Waals surface area (Å²) in [4.78, 5) is 22.5. The number of hydrogen-bond acceptors (Lipinski definition) is 4. The van der Waals surface area contributed by atoms with E-state index < -0.39 is 17.5 Å². The van der Waals surface area contributed by atoms with Crippen molar-refractivity contribution in [2.75, 3.05) is 0 Å². The number of aryl methyl sites for hydroxylation is 1. The highest BCUT2D eigenvalue weighted by atomic mass is 16.6. The molecule has 0 unspecified atom stereocenters. The summed E-state index contributed by atoms with van der Waals surface area (Å²) in [7, 11) is 0. The minimum Gasteiger partial charge on any atom is -0.476 e. The Hall–Kier alpha value is -1.85. The second-order valence-electron chi connectivity index (χ2n) is 4.38. The maximum Gasteiger partial charge on any atom is 0.357 e. The van der Waals surface area contributed by atoms with Gasteiger partial charge in [-0.05, 0) is 27.7 Å². The predicted octanol–water partition coefficient (Wildman–Crippen LogP) is 1.37. The fourth-order valence-electron chi connectivity index (χ4n) is 1.16. The molecule has 0 fully saturated rings. The highest BCUT2D eigenvalue weighted by Crippen LogP contribution is 2.16. The number of nitrogens with one attached hydrogen (secondary N) is 1. The van der Waals surface area contributed by atoms with E-state index in [4.69, 9.17) is 9.84 Å². The van der Waals surface area contributed by atoms with E-state index in [2.05, 4.69) is 10.2 Å². The van der Waals surface area contributed by atoms with Crippen molar-refractivity contribution < 1.29 is 19.4 Å². The minimum absolute atomic E-state index is 0.0255. The molecule has 88 valence electrons. The van der Waals surface area contributed by atoms with Gasteiger partial charge in [-0.2, -0.15) is 5.10 Å². The molecule has 1 heterocycles. The Morgan fingerprint density at radius 1 is 1.38 bits per heavy atom. The van der Waals surface area contributed by atoms with Gasteiger partial charge in [0.25, 0.3) is 0 Å². The van der Waals surface area contributed by atoms with Gasteiger partial charge in [0.05, 0.1) is 0 Å². The third-order valence-electron chi connectivity index (χ3n) is 1.75. The first-order valence-electron chi connectivity index (χ1n) is 4.74. The fourth-order valence-corrected chi connectivity index (χ4v) is 1.16. The standard InChI is InChI=1S/C10H14N2O4/c1-5-6(7(8(13)14)12-11-5)9(15)16-10(2,3)4/h1-4H3,(H,11,12)(H,13,14). The lowest BCUT2D eigenvalue weighted by Gasteiger charge is -2.19. The van der Waals surface area contributed by atoms with Crippen LogP contribution in [0.25, 0.3) is 0 Å². The number of rotatable bonds is 2. The van der Waals surface area contributed by atoms with Crippen LogP contribution in [0.5, 0.6) is 0 Å². The first-order valence-corrected chi connectivity index (χ1v) is 4.74. The van der Waals surface area contributed by atoms with Gasteiger partial charge in [0.2, 0.25) is 0 Å². The summed E-state index contributed by atoms with van der Waals surface area (Å²) in [6.07, 6.45) is 0. The molecule has 1 aromatic heterocycles. The molecule has 1 aromatic rings. The zero-order valence-electron chi connectivity index (χ0n) is 9.62. The van der Waals surface area contributed by atoms with E-state index in [1.54, 1.807) is 27.7 Å². The van der Waals surface area contributed by atoms with Gasteiger partial charge >= 0.3 is 11.9 Å². The first-order chi connectivity index (χ1) is 7.22. The van der Waals surface area contributed by atoms with Gasteiger partial charge in [0.1, 0.15) is 11.2 Å². The van der Waals surface area contributed by atoms with Crippen LogP contribution < -0.4 is 0 Å². The number of aromatic nitrogens is 2. The lowest BCUT2D eigenvalue weighted by molar-refractivity contribution is 0.00651. The van der Waals surface area contributed by atoms with Crippen LogP contribution >= 0.6 is 0 Å². The molecular formula is C10H14N2O4. The zero-order valence-corrected chi connectivity index (χ0v) is 9.62. The molecule has 0 spiro atoms. The average molecular weight is 226 g/mol. The summed E-state index contributed by atoms with van der Waals surface area (Å²) in [5, 5.41) is 14.8. The number of aromatic carboxylic acids is 1. The molecule has 2 N–H and O–H groups in total. The van der Waals surface area contributed by atoms with Crippen LogP contribution in [-0.4, -0.2) is 32.8 Å². The van der Waals surface area contributed by atoms with Crippen LogP contribution in [-0.2, 0) is 4.74 Å². The van der Waals surface area contributed by atoms with Crippen molar-refractivity contribution in [3.05, 3.63) is 17.0 Å². The second-order valence-corrected chi connectivity index (χ2v) is 4.38. The molecule has 0 saturated carbocycles. The summed E-state index contributed by atoms with van der Waals surface area (Å²) in [6, 6.07) is 0. The number of ether oxygens (including phenoxy) is 1. The number of carbonyl (C=O) groups is 2. The largest absolute Gasteiger partial charge is 0.476 e. The second kappa shape index (κ2) is 3.96. The number of H-pyrrole nitrogens is 1. The quantitative estimate of drug-likeness (QED) is 0.743. The molecule has 0 atom stereocenters. The van der Waals surface area contributed by atoms with Crippen molar-refractivity contribution in [3.8, 4) is 0 Å². The summed E-state index contributed by atoms with van der Waals surface area (Å²) in [5.74, 6) is -1.94. The van der Waals surface area contributed by atoms with Crippen LogP contribution in [0.3, 0.4) is 0 Å². The number of carbonyl (C=O) groups excluding carboxylic acids is 1. The van der Waals surface area contributed by atoms with Crippen molar-refractivity contribution >= 4 is 11.9 Å². The van der Waals surface area contributed by atoms with Crippen molar-refractivity contribution in [1.29, 1.82) is 0 Å². The molecule has 0 amide bonds. The summed E-state index contributed by atoms with van der Waals surface area (Å²) < 4.78 is 5.09. The van der Waals surface area contributed by atoms with E-state index in [1.807, 2.05) is 0 Å². The average Bonchev–Trinajstić information content (AvgIpc) is 2.43. The number of aromatic amines is 1. The molecule has 0 aliphatic carbocycles. The van der Waals surface area contributed by atoms with Gasteiger partial charge in [-0.15, -0.1) is 0 Å². The summed E-state index contributed by atoms with van der Waals surface area (Å²) in [6.45, 7) is 6.70. The SMILES string of the molecule is Cc1[nH]nc(C(=O)O)c1C(=O)OC(C)(C)C. The smallest absolute Gasteiger partial charge is 0.357 e. The molecule has 0 aromatic carbocycles. The number of esters is 1. The Labute approximate surface area is 92.6 Å². The predicted molar refractivity (Wildman–Crippen MR) is 55.5 cm³/mol. The maximum atomic E-state index is 11.7. The lowest BCUT2D eigenvalue weighted by atomic mass is 10.1. The highest BCUT2D eigenvalue weighted by Gasteiger charge is 2.27. The van der Waals surface area contributed by atoms with Crippen LogP contribution in [0.15, 0.2) is 0 Å². The molecule has 16 heavy (non-hydrogen) atoms. The molecule has 1 rings (SSSR count). The molecule has 0 aliphatic heterocycles. The van der Waals surface area contributed by atoms with Crippen LogP contribution in [0, 0.1) is 6.92 Å². The molecule has 0 saturated heterocycles. The highest BCUT2D eigenvalue weighted by molar-refractivity contribution is 6.02. The molecule has 0 radical (unpaired) electrons. The van der Waals surface area contributed by atoms with E-state index in [-0.39, 0.29) is 11.3 Å². The van der Waals surface area contributed by atoms with Crippen molar-refractivity contribution in [2.45, 2.75) is 33.3 Å². The van der Waals surface area contributed by atoms with Crippen LogP contribution in [0.2, 0.25) is 0 Å². The molecule has 0 aliphatic rings. The topological polar surface area (TPSA) is 92.3 Å². The molecule has 6 nitrogen and oxygen atoms in total. The van der Waals surface area contributed by atoms with E-state index in [0.29, 0.717) is 5.69 Å². The van der Waals surface area contributed by atoms with Gasteiger partial charge in [0.15, 0.2) is 5.69 Å². The van der Waals surface area contributed by atoms with Gasteiger partial charge in [0, 0.05) is 5.69 Å². The van der Waals surface area contributed by atoms with E-state index in [1.165, 1.54) is 0 Å². The Kier molecular flexibility index (Phi) is 3.02. The van der Waals surface area contributed by atoms with Crippen molar-refractivity contribution in [3.63, 3.8) is 0 Å². The zero-order chi connectivity index (χ0) is 12.5. The van der Waals surface area contributed by atoms with Gasteiger partial charge in [-0.25, -0.2) is 9.59 Å². The number of carboxylic acids is 1. The maximum absolute atomic E-state index is 11.7. The first kappa shape index (κ1) is 12.2. The minimum atomic E-state index is -1.26. The molecule has 0 bridgehead atoms. The monoisotopic (exact) mass is 226 g/mol. The van der Waals surface area contributed by atoms with Crippen LogP contribution in [0.1, 0.15) is 47.3 Å². The summed E-state index contributed by atoms with van der Waals surface area (Å²) in [5.41, 5.74) is -0.628. The van der Waals surface area contributed by atoms with E-state index >= 15 is 0 Å². The Balaban J connectivity index is 3.08. The normalized spacial score (nSPS) is 11.2. The lowest BCUT2D eigenvalue weighted by Crippen LogP contribution is -2.25. The third-order valence-corrected chi connectivity index (χ3v) is 1.75. The van der Waals surface area contributed by atoms with Gasteiger partial charge < -0.3 is 9.84 Å². The number of nitrogens with zero attached hydrogens (tertiary/aromatic N) is 1. The van der Waals surface area contributed by atoms with Crippen LogP contribution in [0.4, 0.5) is 0 Å². The van der Waals surface area contributed by atoms with E-state index in [9.17, 15) is 9.59 Å². The summed E-state index contributed by atoms with van der Waals surface area (Å²) >= 11 is 0. The van der Waals surface area contributed by atoms with Crippen molar-refractivity contribution in [1.82, 2.24) is 10.2 Å². The fraction of sp³-hybridized carbons (Fsp3) is 0.500. The third kappa shape index (κ3) is 2.59. The molecule has 6 heteroatoms. The Morgan fingerprint density at radius 3 is 2.38 bits per heavy atom. The Morgan fingerprint density at radius 2 is 1.94 bits per heavy atom. The number of hydrogen-bond donors (Lipinski definition) is 2. The Bertz CT molecular complexity index is 429. The van der Waals surface area contributed by atoms with Gasteiger partial charge in [-0.1, -0.05) is 0 Å². The number of carboxylic acid groups (broad SMARTS) is 1. The molecular weight excluding hydrogens is 212 g/mol. The van der Waals surface area contributed by atoms with E-state index in [0.717, 1.165) is 0 Å². The van der Waals surface area contributed by atoms with Gasteiger partial charge in [-0.3, -0.25) is 5.10 Å².